The van der Waals surface area contributed by atoms with Crippen LogP contribution in [-0.4, -0.2) is 45.7 Å². The number of esters is 2. The predicted octanol–water partition coefficient (Wildman–Crippen LogP) is 2.50. The van der Waals surface area contributed by atoms with E-state index in [1.807, 2.05) is 25.1 Å². The van der Waals surface area contributed by atoms with Gasteiger partial charge in [-0.05, 0) is 35.7 Å². The average molecular weight is 386 g/mol. The van der Waals surface area contributed by atoms with Gasteiger partial charge in [-0.15, -0.1) is 0 Å². The Hall–Kier alpha value is -3.35. The Morgan fingerprint density at radius 2 is 1.64 bits per heavy atom. The van der Waals surface area contributed by atoms with Crippen molar-refractivity contribution in [3.05, 3.63) is 58.7 Å². The molecule has 0 heterocycles. The zero-order chi connectivity index (χ0) is 20.5. The third-order valence-electron chi connectivity index (χ3n) is 4.02. The van der Waals surface area contributed by atoms with Gasteiger partial charge in [-0.1, -0.05) is 24.3 Å². The second-order valence-corrected chi connectivity index (χ2v) is 5.96. The highest BCUT2D eigenvalue weighted by molar-refractivity contribution is 5.80. The summed E-state index contributed by atoms with van der Waals surface area (Å²) in [5, 5.41) is 0. The van der Waals surface area contributed by atoms with E-state index in [4.69, 9.17) is 9.47 Å². The van der Waals surface area contributed by atoms with E-state index in [9.17, 15) is 14.4 Å². The summed E-state index contributed by atoms with van der Waals surface area (Å²) < 4.78 is 20.1. The highest BCUT2D eigenvalue weighted by Gasteiger charge is 2.13. The number of carbonyl (C=O) groups is 3. The molecule has 0 aliphatic rings. The molecule has 0 unspecified atom stereocenters. The smallest absolute Gasteiger partial charge is 0.343 e. The molecule has 2 aromatic rings. The number of methoxy groups -OCH3 is 2. The fraction of sp³-hybridized carbons (Fsp3) is 0.286. The van der Waals surface area contributed by atoms with Gasteiger partial charge in [-0.25, -0.2) is 9.59 Å². The molecule has 148 valence electrons. The van der Waals surface area contributed by atoms with Gasteiger partial charge >= 0.3 is 11.9 Å². The number of rotatable bonds is 9. The summed E-state index contributed by atoms with van der Waals surface area (Å²) >= 11 is 0. The maximum absolute atomic E-state index is 11.4. The van der Waals surface area contributed by atoms with Gasteiger partial charge in [-0.2, -0.15) is 0 Å². The van der Waals surface area contributed by atoms with Crippen LogP contribution in [0, 0.1) is 6.92 Å². The molecule has 7 nitrogen and oxygen atoms in total. The van der Waals surface area contributed by atoms with Crippen molar-refractivity contribution in [1.29, 1.82) is 0 Å². The van der Waals surface area contributed by atoms with Gasteiger partial charge in [0.1, 0.15) is 11.5 Å². The molecule has 0 aliphatic heterocycles. The molecular formula is C21H22O7. The highest BCUT2D eigenvalue weighted by Crippen LogP contribution is 2.27. The number of aryl methyl sites for hydroxylation is 1. The maximum atomic E-state index is 11.4. The van der Waals surface area contributed by atoms with Gasteiger partial charge in [0.2, 0.25) is 0 Å². The summed E-state index contributed by atoms with van der Waals surface area (Å²) in [6.07, 6.45) is 1.15. The Morgan fingerprint density at radius 1 is 0.964 bits per heavy atom. The highest BCUT2D eigenvalue weighted by atomic mass is 16.6. The SMILES string of the molecule is COC(=O)COc1ccc(Cc2cccc(C)c2OCC(=O)OC)cc1C=O. The van der Waals surface area contributed by atoms with Crippen molar-refractivity contribution in [2.45, 2.75) is 13.3 Å². The molecule has 0 radical (unpaired) electrons. The van der Waals surface area contributed by atoms with Gasteiger partial charge in [0, 0.05) is 6.42 Å². The van der Waals surface area contributed by atoms with Crippen LogP contribution in [0.3, 0.4) is 0 Å². The Labute approximate surface area is 163 Å². The van der Waals surface area contributed by atoms with Crippen LogP contribution >= 0.6 is 0 Å². The fourth-order valence-electron chi connectivity index (χ4n) is 2.60. The molecule has 28 heavy (non-hydrogen) atoms. The minimum atomic E-state index is -0.534. The fourth-order valence-corrected chi connectivity index (χ4v) is 2.60. The quantitative estimate of drug-likeness (QED) is 0.483. The first-order chi connectivity index (χ1) is 13.5. The standard InChI is InChI=1S/C21H22O7/c1-14-5-4-6-16(21(14)28-13-20(24)26-3)9-15-7-8-18(17(10-15)11-22)27-12-19(23)25-2/h4-8,10-11H,9,12-13H2,1-3H3. The van der Waals surface area contributed by atoms with Crippen LogP contribution in [0.1, 0.15) is 27.0 Å². The molecule has 0 bridgehead atoms. The van der Waals surface area contributed by atoms with Gasteiger partial charge in [0.15, 0.2) is 19.5 Å². The molecule has 2 aromatic carbocycles. The Balaban J connectivity index is 2.21. The summed E-state index contributed by atoms with van der Waals surface area (Å²) in [5.74, 6) is -0.0974. The van der Waals surface area contributed by atoms with Crippen LogP contribution in [0.5, 0.6) is 11.5 Å². The second kappa shape index (κ2) is 10.1. The first-order valence-corrected chi connectivity index (χ1v) is 8.54. The molecule has 0 spiro atoms. The zero-order valence-electron chi connectivity index (χ0n) is 16.0. The zero-order valence-corrected chi connectivity index (χ0v) is 16.0. The normalized spacial score (nSPS) is 10.1. The predicted molar refractivity (Wildman–Crippen MR) is 101 cm³/mol. The van der Waals surface area contributed by atoms with Crippen molar-refractivity contribution in [1.82, 2.24) is 0 Å². The largest absolute Gasteiger partial charge is 0.481 e. The van der Waals surface area contributed by atoms with Crippen molar-refractivity contribution in [3.8, 4) is 11.5 Å². The van der Waals surface area contributed by atoms with Crippen LogP contribution in [0.4, 0.5) is 0 Å². The molecule has 0 amide bonds. The lowest BCUT2D eigenvalue weighted by atomic mass is 10.00. The van der Waals surface area contributed by atoms with E-state index in [1.165, 1.54) is 14.2 Å². The van der Waals surface area contributed by atoms with Crippen molar-refractivity contribution in [2.24, 2.45) is 0 Å². The minimum absolute atomic E-state index is 0.186. The van der Waals surface area contributed by atoms with Crippen LogP contribution in [0.2, 0.25) is 0 Å². The summed E-state index contributed by atoms with van der Waals surface area (Å²) in [5.41, 5.74) is 2.92. The summed E-state index contributed by atoms with van der Waals surface area (Å²) in [6, 6.07) is 10.8. The molecule has 0 aromatic heterocycles. The monoisotopic (exact) mass is 386 g/mol. The van der Waals surface area contributed by atoms with E-state index in [0.29, 0.717) is 29.8 Å². The number of para-hydroxylation sites is 1. The molecule has 0 saturated heterocycles. The topological polar surface area (TPSA) is 88.1 Å². The lowest BCUT2D eigenvalue weighted by Gasteiger charge is -2.14. The van der Waals surface area contributed by atoms with Gasteiger partial charge < -0.3 is 18.9 Å². The lowest BCUT2D eigenvalue weighted by Crippen LogP contribution is -2.14. The van der Waals surface area contributed by atoms with E-state index >= 15 is 0 Å². The third kappa shape index (κ3) is 5.57. The number of hydrogen-bond donors (Lipinski definition) is 0. The number of carbonyl (C=O) groups excluding carboxylic acids is 3. The molecule has 7 heteroatoms. The van der Waals surface area contributed by atoms with Crippen LogP contribution in [0.15, 0.2) is 36.4 Å². The van der Waals surface area contributed by atoms with E-state index in [1.54, 1.807) is 18.2 Å². The lowest BCUT2D eigenvalue weighted by molar-refractivity contribution is -0.143. The first-order valence-electron chi connectivity index (χ1n) is 8.54. The average Bonchev–Trinajstić information content (AvgIpc) is 2.71. The van der Waals surface area contributed by atoms with Crippen molar-refractivity contribution >= 4 is 18.2 Å². The van der Waals surface area contributed by atoms with Crippen molar-refractivity contribution in [2.75, 3.05) is 27.4 Å². The summed E-state index contributed by atoms with van der Waals surface area (Å²) in [7, 11) is 2.56. The van der Waals surface area contributed by atoms with Crippen molar-refractivity contribution < 1.29 is 33.3 Å². The van der Waals surface area contributed by atoms with E-state index < -0.39 is 11.9 Å². The second-order valence-electron chi connectivity index (χ2n) is 5.96. The van der Waals surface area contributed by atoms with E-state index in [-0.39, 0.29) is 13.2 Å². The number of benzene rings is 2. The molecule has 0 N–H and O–H groups in total. The molecular weight excluding hydrogens is 364 g/mol. The summed E-state index contributed by atoms with van der Waals surface area (Å²) in [6.45, 7) is 1.42. The molecule has 0 fully saturated rings. The number of hydrogen-bond acceptors (Lipinski definition) is 7. The van der Waals surface area contributed by atoms with Gasteiger partial charge in [0.25, 0.3) is 0 Å². The minimum Gasteiger partial charge on any atom is -0.481 e. The molecule has 0 atom stereocenters. The van der Waals surface area contributed by atoms with Crippen LogP contribution < -0.4 is 9.47 Å². The Morgan fingerprint density at radius 3 is 2.29 bits per heavy atom. The third-order valence-corrected chi connectivity index (χ3v) is 4.02. The van der Waals surface area contributed by atoms with Crippen LogP contribution in [0.25, 0.3) is 0 Å². The molecule has 0 saturated carbocycles. The van der Waals surface area contributed by atoms with Crippen LogP contribution in [-0.2, 0) is 25.5 Å². The first kappa shape index (κ1) is 21.0. The van der Waals surface area contributed by atoms with Crippen molar-refractivity contribution in [3.63, 3.8) is 0 Å². The van der Waals surface area contributed by atoms with Gasteiger partial charge in [0.05, 0.1) is 19.8 Å². The Kier molecular flexibility index (Phi) is 7.56. The Bertz CT molecular complexity index is 858. The number of aldehydes is 1. The molecule has 2 rings (SSSR count). The van der Waals surface area contributed by atoms with E-state index in [0.717, 1.165) is 16.7 Å². The summed E-state index contributed by atoms with van der Waals surface area (Å²) in [4.78, 5) is 34.0. The van der Waals surface area contributed by atoms with E-state index in [2.05, 4.69) is 9.47 Å². The molecule has 0 aliphatic carbocycles. The van der Waals surface area contributed by atoms with Gasteiger partial charge in [-0.3, -0.25) is 4.79 Å². The maximum Gasteiger partial charge on any atom is 0.343 e. The number of ether oxygens (including phenoxy) is 4.